The van der Waals surface area contributed by atoms with Gasteiger partial charge in [-0.3, -0.25) is 0 Å². The smallest absolute Gasteiger partial charge is 0.423 e. The van der Waals surface area contributed by atoms with Crippen LogP contribution < -0.4 is 5.46 Å². The van der Waals surface area contributed by atoms with E-state index in [1.807, 2.05) is 12.1 Å². The Morgan fingerprint density at radius 3 is 2.40 bits per heavy atom. The topological polar surface area (TPSA) is 49.7 Å². The largest absolute Gasteiger partial charge is 0.488 e. The van der Waals surface area contributed by atoms with Gasteiger partial charge in [-0.25, -0.2) is 0 Å². The van der Waals surface area contributed by atoms with Crippen LogP contribution in [0, 0.1) is 0 Å². The highest BCUT2D eigenvalue weighted by atomic mass is 16.5. The maximum absolute atomic E-state index is 8.95. The molecule has 4 heteroatoms. The molecule has 0 aromatic heterocycles. The molecule has 1 aromatic rings. The van der Waals surface area contributed by atoms with E-state index in [4.69, 9.17) is 14.8 Å². The van der Waals surface area contributed by atoms with Crippen molar-refractivity contribution in [3.63, 3.8) is 0 Å². The highest BCUT2D eigenvalue weighted by Crippen LogP contribution is 2.26. The maximum atomic E-state index is 8.95. The van der Waals surface area contributed by atoms with Gasteiger partial charge in [0.15, 0.2) is 0 Å². The first kappa shape index (κ1) is 10.7. The minimum atomic E-state index is -1.38. The molecule has 0 unspecified atom stereocenters. The van der Waals surface area contributed by atoms with Gasteiger partial charge in [-0.2, -0.15) is 0 Å². The van der Waals surface area contributed by atoms with E-state index in [0.29, 0.717) is 5.46 Å². The molecule has 1 saturated heterocycles. The highest BCUT2D eigenvalue weighted by molar-refractivity contribution is 6.58. The Labute approximate surface area is 89.8 Å². The van der Waals surface area contributed by atoms with Crippen molar-refractivity contribution in [3.8, 4) is 0 Å². The molecule has 3 nitrogen and oxygen atoms in total. The molecule has 1 aromatic carbocycles. The predicted octanol–water partition coefficient (Wildman–Crippen LogP) is 0.608. The molecule has 1 fully saturated rings. The van der Waals surface area contributed by atoms with Crippen molar-refractivity contribution < 1.29 is 14.8 Å². The molecule has 1 heterocycles. The lowest BCUT2D eigenvalue weighted by Crippen LogP contribution is -2.29. The highest BCUT2D eigenvalue weighted by Gasteiger charge is 2.17. The van der Waals surface area contributed by atoms with Crippen LogP contribution in [-0.2, 0) is 4.74 Å². The van der Waals surface area contributed by atoms with Crippen LogP contribution in [0.3, 0.4) is 0 Å². The summed E-state index contributed by atoms with van der Waals surface area (Å²) in [5.74, 6) is 0. The molecule has 2 N–H and O–H groups in total. The summed E-state index contributed by atoms with van der Waals surface area (Å²) in [5.41, 5.74) is 1.65. The van der Waals surface area contributed by atoms with Gasteiger partial charge >= 0.3 is 7.12 Å². The summed E-state index contributed by atoms with van der Waals surface area (Å²) in [5, 5.41) is 17.9. The number of rotatable bonds is 2. The van der Waals surface area contributed by atoms with Gasteiger partial charge in [0.05, 0.1) is 6.10 Å². The van der Waals surface area contributed by atoms with Crippen LogP contribution in [0.5, 0.6) is 0 Å². The minimum absolute atomic E-state index is 0.184. The standard InChI is InChI=1S/C11H15BO3/c13-12(14)10-6-4-9(5-7-10)11-3-1-2-8-15-11/h4-7,11,13-14H,1-3,8H2/t11-/m0/s1. The van der Waals surface area contributed by atoms with E-state index in [9.17, 15) is 0 Å². The van der Waals surface area contributed by atoms with Crippen molar-refractivity contribution in [1.82, 2.24) is 0 Å². The third-order valence-corrected chi connectivity index (χ3v) is 2.79. The lowest BCUT2D eigenvalue weighted by atomic mass is 9.80. The first-order valence-electron chi connectivity index (χ1n) is 5.35. The van der Waals surface area contributed by atoms with Gasteiger partial charge in [0.1, 0.15) is 0 Å². The summed E-state index contributed by atoms with van der Waals surface area (Å²) in [6.07, 6.45) is 3.59. The van der Waals surface area contributed by atoms with Crippen LogP contribution in [0.25, 0.3) is 0 Å². The molecule has 0 spiro atoms. The summed E-state index contributed by atoms with van der Waals surface area (Å²) in [6.45, 7) is 0.828. The molecule has 15 heavy (non-hydrogen) atoms. The van der Waals surface area contributed by atoms with Gasteiger partial charge in [0.25, 0.3) is 0 Å². The molecular formula is C11H15BO3. The van der Waals surface area contributed by atoms with E-state index in [2.05, 4.69) is 0 Å². The number of benzene rings is 1. The fourth-order valence-electron chi connectivity index (χ4n) is 1.89. The SMILES string of the molecule is OB(O)c1ccc([C@@H]2CCCCO2)cc1. The first-order chi connectivity index (χ1) is 7.27. The molecule has 1 atom stereocenters. The second-order valence-electron chi connectivity index (χ2n) is 3.90. The summed E-state index contributed by atoms with van der Waals surface area (Å²) in [7, 11) is -1.38. The van der Waals surface area contributed by atoms with Crippen molar-refractivity contribution in [3.05, 3.63) is 29.8 Å². The van der Waals surface area contributed by atoms with E-state index < -0.39 is 7.12 Å². The molecule has 0 radical (unpaired) electrons. The normalized spacial score (nSPS) is 21.3. The molecular weight excluding hydrogens is 191 g/mol. The van der Waals surface area contributed by atoms with Crippen LogP contribution in [0.2, 0.25) is 0 Å². The zero-order valence-corrected chi connectivity index (χ0v) is 8.60. The van der Waals surface area contributed by atoms with Gasteiger partial charge < -0.3 is 14.8 Å². The molecule has 2 rings (SSSR count). The Hall–Kier alpha value is -0.835. The van der Waals surface area contributed by atoms with E-state index in [1.54, 1.807) is 12.1 Å². The van der Waals surface area contributed by atoms with Crippen molar-refractivity contribution in [2.45, 2.75) is 25.4 Å². The van der Waals surface area contributed by atoms with Crippen molar-refractivity contribution in [2.75, 3.05) is 6.61 Å². The zero-order chi connectivity index (χ0) is 10.7. The van der Waals surface area contributed by atoms with Crippen LogP contribution in [0.15, 0.2) is 24.3 Å². The lowest BCUT2D eigenvalue weighted by molar-refractivity contribution is 0.0150. The van der Waals surface area contributed by atoms with Crippen LogP contribution >= 0.6 is 0 Å². The lowest BCUT2D eigenvalue weighted by Gasteiger charge is -2.23. The van der Waals surface area contributed by atoms with Gasteiger partial charge in [-0.05, 0) is 30.3 Å². The third-order valence-electron chi connectivity index (χ3n) is 2.79. The molecule has 0 bridgehead atoms. The Kier molecular flexibility index (Phi) is 3.41. The van der Waals surface area contributed by atoms with Crippen molar-refractivity contribution in [1.29, 1.82) is 0 Å². The van der Waals surface area contributed by atoms with Crippen molar-refractivity contribution >= 4 is 12.6 Å². The van der Waals surface area contributed by atoms with E-state index >= 15 is 0 Å². The minimum Gasteiger partial charge on any atom is -0.423 e. The summed E-state index contributed by atoms with van der Waals surface area (Å²) < 4.78 is 5.64. The molecule has 0 saturated carbocycles. The summed E-state index contributed by atoms with van der Waals surface area (Å²) in [4.78, 5) is 0. The van der Waals surface area contributed by atoms with Crippen molar-refractivity contribution in [2.24, 2.45) is 0 Å². The second kappa shape index (κ2) is 4.79. The molecule has 1 aliphatic heterocycles. The average Bonchev–Trinajstić information content (AvgIpc) is 2.30. The van der Waals surface area contributed by atoms with Crippen LogP contribution in [-0.4, -0.2) is 23.8 Å². The van der Waals surface area contributed by atoms with E-state index in [0.717, 1.165) is 25.0 Å². The van der Waals surface area contributed by atoms with Gasteiger partial charge in [0, 0.05) is 6.61 Å². The summed E-state index contributed by atoms with van der Waals surface area (Å²) in [6, 6.07) is 7.28. The van der Waals surface area contributed by atoms with Gasteiger partial charge in [-0.15, -0.1) is 0 Å². The van der Waals surface area contributed by atoms with E-state index in [1.165, 1.54) is 6.42 Å². The Balaban J connectivity index is 2.08. The number of ether oxygens (including phenoxy) is 1. The maximum Gasteiger partial charge on any atom is 0.488 e. The molecule has 80 valence electrons. The fourth-order valence-corrected chi connectivity index (χ4v) is 1.89. The Morgan fingerprint density at radius 2 is 1.87 bits per heavy atom. The quantitative estimate of drug-likeness (QED) is 0.697. The Morgan fingerprint density at radius 1 is 1.13 bits per heavy atom. The van der Waals surface area contributed by atoms with E-state index in [-0.39, 0.29) is 6.10 Å². The monoisotopic (exact) mass is 206 g/mol. The zero-order valence-electron chi connectivity index (χ0n) is 8.60. The third kappa shape index (κ3) is 2.59. The fraction of sp³-hybridized carbons (Fsp3) is 0.455. The average molecular weight is 206 g/mol. The number of hydrogen-bond acceptors (Lipinski definition) is 3. The van der Waals surface area contributed by atoms with Crippen LogP contribution in [0.1, 0.15) is 30.9 Å². The first-order valence-corrected chi connectivity index (χ1v) is 5.35. The number of hydrogen-bond donors (Lipinski definition) is 2. The van der Waals surface area contributed by atoms with Gasteiger partial charge in [0.2, 0.25) is 0 Å². The Bertz CT molecular complexity index is 304. The summed E-state index contributed by atoms with van der Waals surface area (Å²) >= 11 is 0. The predicted molar refractivity (Wildman–Crippen MR) is 58.8 cm³/mol. The molecule has 0 aliphatic carbocycles. The van der Waals surface area contributed by atoms with Gasteiger partial charge in [-0.1, -0.05) is 24.3 Å². The molecule has 0 amide bonds. The molecule has 1 aliphatic rings. The second-order valence-corrected chi connectivity index (χ2v) is 3.90. The van der Waals surface area contributed by atoms with Crippen LogP contribution in [0.4, 0.5) is 0 Å².